The maximum atomic E-state index is 11.6. The lowest BCUT2D eigenvalue weighted by atomic mass is 10.1. The molecule has 1 rings (SSSR count). The van der Waals surface area contributed by atoms with Gasteiger partial charge in [-0.3, -0.25) is 4.79 Å². The average molecular weight is 221 g/mol. The van der Waals surface area contributed by atoms with Gasteiger partial charge in [-0.15, -0.1) is 0 Å². The molecular weight excluding hydrogens is 202 g/mol. The molecular formula is C13H19NO2. The summed E-state index contributed by atoms with van der Waals surface area (Å²) in [5.74, 6) is 0.207. The van der Waals surface area contributed by atoms with E-state index in [1.165, 1.54) is 0 Å². The van der Waals surface area contributed by atoms with Crippen molar-refractivity contribution in [3.8, 4) is 5.75 Å². The van der Waals surface area contributed by atoms with Gasteiger partial charge in [0.2, 0.25) is 5.91 Å². The zero-order valence-corrected chi connectivity index (χ0v) is 9.86. The van der Waals surface area contributed by atoms with Crippen LogP contribution in [-0.4, -0.2) is 17.1 Å². The molecule has 1 atom stereocenters. The Balaban J connectivity index is 2.45. The van der Waals surface area contributed by atoms with E-state index in [1.54, 1.807) is 18.2 Å². The van der Waals surface area contributed by atoms with Crippen molar-refractivity contribution in [2.45, 2.75) is 39.2 Å². The smallest absolute Gasteiger partial charge is 0.224 e. The molecule has 0 saturated heterocycles. The molecule has 3 heteroatoms. The Morgan fingerprint density at radius 2 is 2.25 bits per heavy atom. The number of carbonyl (C=O) groups excluding carboxylic acids is 1. The summed E-state index contributed by atoms with van der Waals surface area (Å²) >= 11 is 0. The zero-order valence-electron chi connectivity index (χ0n) is 9.86. The summed E-state index contributed by atoms with van der Waals surface area (Å²) < 4.78 is 0. The van der Waals surface area contributed by atoms with Crippen LogP contribution in [0.5, 0.6) is 5.75 Å². The second kappa shape index (κ2) is 6.16. The lowest BCUT2D eigenvalue weighted by Gasteiger charge is -2.12. The fraction of sp³-hybridized carbons (Fsp3) is 0.462. The summed E-state index contributed by atoms with van der Waals surface area (Å²) in [4.78, 5) is 11.6. The zero-order chi connectivity index (χ0) is 12.0. The van der Waals surface area contributed by atoms with Gasteiger partial charge < -0.3 is 10.4 Å². The highest BCUT2D eigenvalue weighted by molar-refractivity contribution is 5.78. The molecule has 2 N–H and O–H groups in total. The van der Waals surface area contributed by atoms with Crippen LogP contribution in [0.15, 0.2) is 24.3 Å². The third-order valence-electron chi connectivity index (χ3n) is 2.40. The van der Waals surface area contributed by atoms with Crippen molar-refractivity contribution in [3.05, 3.63) is 29.8 Å². The number of nitrogens with one attached hydrogen (secondary N) is 1. The van der Waals surface area contributed by atoms with Crippen LogP contribution < -0.4 is 5.32 Å². The molecule has 1 aromatic rings. The van der Waals surface area contributed by atoms with E-state index in [9.17, 15) is 9.90 Å². The van der Waals surface area contributed by atoms with E-state index in [2.05, 4.69) is 12.2 Å². The largest absolute Gasteiger partial charge is 0.508 e. The Morgan fingerprint density at radius 3 is 2.88 bits per heavy atom. The van der Waals surface area contributed by atoms with Gasteiger partial charge in [-0.25, -0.2) is 0 Å². The van der Waals surface area contributed by atoms with Gasteiger partial charge in [0, 0.05) is 6.04 Å². The molecule has 0 radical (unpaired) electrons. The molecule has 1 aromatic carbocycles. The Hall–Kier alpha value is -1.51. The predicted octanol–water partition coefficient (Wildman–Crippen LogP) is 2.24. The third kappa shape index (κ3) is 4.34. The van der Waals surface area contributed by atoms with Gasteiger partial charge in [0.25, 0.3) is 0 Å². The molecule has 0 saturated carbocycles. The Kier molecular flexibility index (Phi) is 4.83. The highest BCUT2D eigenvalue weighted by Gasteiger charge is 2.07. The van der Waals surface area contributed by atoms with Crippen molar-refractivity contribution in [1.82, 2.24) is 5.32 Å². The minimum atomic E-state index is 0.00606. The topological polar surface area (TPSA) is 49.3 Å². The minimum Gasteiger partial charge on any atom is -0.508 e. The van der Waals surface area contributed by atoms with Crippen LogP contribution in [0, 0.1) is 0 Å². The highest BCUT2D eigenvalue weighted by atomic mass is 16.3. The number of benzene rings is 1. The van der Waals surface area contributed by atoms with Crippen molar-refractivity contribution in [1.29, 1.82) is 0 Å². The van der Waals surface area contributed by atoms with Gasteiger partial charge in [0.15, 0.2) is 0 Å². The minimum absolute atomic E-state index is 0.00606. The molecule has 88 valence electrons. The van der Waals surface area contributed by atoms with Gasteiger partial charge in [0.1, 0.15) is 5.75 Å². The number of amides is 1. The molecule has 0 bridgehead atoms. The van der Waals surface area contributed by atoms with E-state index in [-0.39, 0.29) is 17.7 Å². The lowest BCUT2D eigenvalue weighted by molar-refractivity contribution is -0.121. The molecule has 0 heterocycles. The van der Waals surface area contributed by atoms with Crippen LogP contribution >= 0.6 is 0 Å². The first-order chi connectivity index (χ1) is 7.61. The Morgan fingerprint density at radius 1 is 1.50 bits per heavy atom. The summed E-state index contributed by atoms with van der Waals surface area (Å²) in [6.45, 7) is 4.10. The van der Waals surface area contributed by atoms with E-state index in [4.69, 9.17) is 0 Å². The number of phenolic OH excluding ortho intramolecular Hbond substituents is 1. The van der Waals surface area contributed by atoms with Gasteiger partial charge in [-0.2, -0.15) is 0 Å². The average Bonchev–Trinajstić information content (AvgIpc) is 2.17. The van der Waals surface area contributed by atoms with E-state index >= 15 is 0 Å². The number of aromatic hydroxyl groups is 1. The number of hydrogen-bond acceptors (Lipinski definition) is 2. The van der Waals surface area contributed by atoms with E-state index < -0.39 is 0 Å². The quantitative estimate of drug-likeness (QED) is 0.801. The van der Waals surface area contributed by atoms with Crippen LogP contribution in [0.2, 0.25) is 0 Å². The number of carbonyl (C=O) groups is 1. The Bertz CT molecular complexity index is 350. The van der Waals surface area contributed by atoms with Crippen LogP contribution in [0.4, 0.5) is 0 Å². The summed E-state index contributed by atoms with van der Waals surface area (Å²) in [6.07, 6.45) is 2.38. The molecule has 0 aromatic heterocycles. The molecule has 0 fully saturated rings. The first kappa shape index (κ1) is 12.6. The van der Waals surface area contributed by atoms with E-state index in [0.717, 1.165) is 18.4 Å². The van der Waals surface area contributed by atoms with Crippen molar-refractivity contribution in [2.75, 3.05) is 0 Å². The standard InChI is InChI=1S/C13H19NO2/c1-3-5-10(2)14-13(16)9-11-6-4-7-12(15)8-11/h4,6-8,10,15H,3,5,9H2,1-2H3,(H,14,16). The van der Waals surface area contributed by atoms with Crippen LogP contribution in [0.3, 0.4) is 0 Å². The SMILES string of the molecule is CCCC(C)NC(=O)Cc1cccc(O)c1. The van der Waals surface area contributed by atoms with Crippen LogP contribution in [0.1, 0.15) is 32.3 Å². The summed E-state index contributed by atoms with van der Waals surface area (Å²) in [7, 11) is 0. The first-order valence-electron chi connectivity index (χ1n) is 5.69. The van der Waals surface area contributed by atoms with Crippen LogP contribution in [0.25, 0.3) is 0 Å². The van der Waals surface area contributed by atoms with Crippen molar-refractivity contribution in [3.63, 3.8) is 0 Å². The van der Waals surface area contributed by atoms with Crippen molar-refractivity contribution >= 4 is 5.91 Å². The van der Waals surface area contributed by atoms with Gasteiger partial charge in [-0.05, 0) is 31.0 Å². The molecule has 1 unspecified atom stereocenters. The summed E-state index contributed by atoms with van der Waals surface area (Å²) in [5.41, 5.74) is 0.834. The molecule has 0 spiro atoms. The highest BCUT2D eigenvalue weighted by Crippen LogP contribution is 2.11. The fourth-order valence-electron chi connectivity index (χ4n) is 1.68. The first-order valence-corrected chi connectivity index (χ1v) is 5.69. The van der Waals surface area contributed by atoms with Gasteiger partial charge in [-0.1, -0.05) is 25.5 Å². The number of hydrogen-bond donors (Lipinski definition) is 2. The monoisotopic (exact) mass is 221 g/mol. The maximum absolute atomic E-state index is 11.6. The molecule has 0 aliphatic rings. The third-order valence-corrected chi connectivity index (χ3v) is 2.40. The predicted molar refractivity (Wildman–Crippen MR) is 64.3 cm³/mol. The van der Waals surface area contributed by atoms with Crippen molar-refractivity contribution in [2.24, 2.45) is 0 Å². The molecule has 3 nitrogen and oxygen atoms in total. The van der Waals surface area contributed by atoms with Gasteiger partial charge >= 0.3 is 0 Å². The van der Waals surface area contributed by atoms with Crippen LogP contribution in [-0.2, 0) is 11.2 Å². The fourth-order valence-corrected chi connectivity index (χ4v) is 1.68. The van der Waals surface area contributed by atoms with E-state index in [0.29, 0.717) is 6.42 Å². The molecule has 1 amide bonds. The second-order valence-electron chi connectivity index (χ2n) is 4.10. The molecule has 0 aliphatic carbocycles. The maximum Gasteiger partial charge on any atom is 0.224 e. The van der Waals surface area contributed by atoms with E-state index in [1.807, 2.05) is 13.0 Å². The Labute approximate surface area is 96.5 Å². The van der Waals surface area contributed by atoms with Gasteiger partial charge in [0.05, 0.1) is 6.42 Å². The summed E-state index contributed by atoms with van der Waals surface area (Å²) in [6, 6.07) is 7.01. The normalized spacial score (nSPS) is 12.1. The molecule has 16 heavy (non-hydrogen) atoms. The lowest BCUT2D eigenvalue weighted by Crippen LogP contribution is -2.33. The molecule has 0 aliphatic heterocycles. The number of phenols is 1. The summed E-state index contributed by atoms with van der Waals surface area (Å²) in [5, 5.41) is 12.2. The number of rotatable bonds is 5. The van der Waals surface area contributed by atoms with Crippen molar-refractivity contribution < 1.29 is 9.90 Å². The second-order valence-corrected chi connectivity index (χ2v) is 4.10.